The van der Waals surface area contributed by atoms with Gasteiger partial charge in [-0.05, 0) is 25.7 Å². The van der Waals surface area contributed by atoms with E-state index in [1.807, 2.05) is 20.8 Å². The predicted molar refractivity (Wildman–Crippen MR) is 88.9 cm³/mol. The molecule has 2 atom stereocenters. The minimum absolute atomic E-state index is 0.00636. The van der Waals surface area contributed by atoms with Crippen molar-refractivity contribution in [3.05, 3.63) is 0 Å². The van der Waals surface area contributed by atoms with E-state index in [-0.39, 0.29) is 24.3 Å². The van der Waals surface area contributed by atoms with Crippen molar-refractivity contribution in [2.24, 2.45) is 11.3 Å². The molecule has 130 valence electrons. The van der Waals surface area contributed by atoms with E-state index in [0.717, 1.165) is 6.42 Å². The lowest BCUT2D eigenvalue weighted by atomic mass is 9.66. The molecule has 2 amide bonds. The van der Waals surface area contributed by atoms with Crippen LogP contribution in [0.3, 0.4) is 0 Å². The molecule has 1 heterocycles. The van der Waals surface area contributed by atoms with Gasteiger partial charge in [0.1, 0.15) is 6.04 Å². The first-order valence-corrected chi connectivity index (χ1v) is 9.33. The molecule has 2 fully saturated rings. The molecule has 6 nitrogen and oxygen atoms in total. The van der Waals surface area contributed by atoms with Crippen molar-refractivity contribution in [1.82, 2.24) is 10.2 Å². The van der Waals surface area contributed by atoms with E-state index in [1.54, 1.807) is 4.90 Å². The summed E-state index contributed by atoms with van der Waals surface area (Å²) in [6, 6.07) is -0.443. The Morgan fingerprint density at radius 3 is 2.43 bits per heavy atom. The van der Waals surface area contributed by atoms with Crippen molar-refractivity contribution in [3.8, 4) is 0 Å². The Balaban J connectivity index is 1.99. The van der Waals surface area contributed by atoms with Crippen LogP contribution in [0, 0.1) is 11.3 Å². The van der Waals surface area contributed by atoms with Gasteiger partial charge in [-0.2, -0.15) is 0 Å². The lowest BCUT2D eigenvalue weighted by molar-refractivity contribution is -0.160. The first kappa shape index (κ1) is 18.1. The Bertz CT molecular complexity index is 490. The molecule has 0 spiro atoms. The molecule has 0 radical (unpaired) electrons. The number of thioether (sulfide) groups is 1. The van der Waals surface area contributed by atoms with Crippen LogP contribution in [0.1, 0.15) is 46.5 Å². The highest BCUT2D eigenvalue weighted by Gasteiger charge is 2.48. The van der Waals surface area contributed by atoms with Gasteiger partial charge in [0, 0.05) is 18.2 Å². The molecule has 0 aromatic carbocycles. The smallest absolute Gasteiger partial charge is 0.310 e. The molecule has 1 aliphatic heterocycles. The zero-order valence-corrected chi connectivity index (χ0v) is 14.8. The molecule has 2 aliphatic rings. The second-order valence-corrected chi connectivity index (χ2v) is 8.04. The maximum Gasteiger partial charge on any atom is 0.310 e. The third-order valence-corrected chi connectivity index (χ3v) is 6.14. The highest BCUT2D eigenvalue weighted by atomic mass is 32.2. The van der Waals surface area contributed by atoms with Crippen LogP contribution in [0.15, 0.2) is 0 Å². The van der Waals surface area contributed by atoms with Gasteiger partial charge in [-0.25, -0.2) is 0 Å². The summed E-state index contributed by atoms with van der Waals surface area (Å²) in [6.07, 6.45) is 1.96. The number of aliphatic carboxylic acids is 1. The number of carbonyl (C=O) groups is 3. The van der Waals surface area contributed by atoms with Gasteiger partial charge >= 0.3 is 5.97 Å². The normalized spacial score (nSPS) is 24.2. The number of rotatable bonds is 6. The van der Waals surface area contributed by atoms with Crippen LogP contribution in [0.2, 0.25) is 0 Å². The summed E-state index contributed by atoms with van der Waals surface area (Å²) in [4.78, 5) is 38.0. The largest absolute Gasteiger partial charge is 0.481 e. The molecular weight excluding hydrogens is 316 g/mol. The Kier molecular flexibility index (Phi) is 5.60. The van der Waals surface area contributed by atoms with Crippen LogP contribution >= 0.6 is 11.8 Å². The van der Waals surface area contributed by atoms with Crippen molar-refractivity contribution in [2.45, 2.75) is 58.5 Å². The van der Waals surface area contributed by atoms with Gasteiger partial charge in [0.2, 0.25) is 11.8 Å². The van der Waals surface area contributed by atoms with Crippen LogP contribution in [-0.2, 0) is 14.4 Å². The van der Waals surface area contributed by atoms with Gasteiger partial charge in [-0.3, -0.25) is 14.4 Å². The second kappa shape index (κ2) is 7.11. The molecule has 0 aromatic heterocycles. The molecular formula is C16H26N2O4S. The van der Waals surface area contributed by atoms with E-state index < -0.39 is 17.4 Å². The standard InChI is InChI=1S/C16H26N2O4S/c1-10(2)11(3)17-14(20)12-8-23-9-18(12)13(19)7-16(15(21)22)5-4-6-16/h10-12H,4-9H2,1-3H3,(H,17,20)(H,21,22). The van der Waals surface area contributed by atoms with E-state index >= 15 is 0 Å². The van der Waals surface area contributed by atoms with Crippen molar-refractivity contribution < 1.29 is 19.5 Å². The number of hydrogen-bond acceptors (Lipinski definition) is 4. The molecule has 0 bridgehead atoms. The Hall–Kier alpha value is -1.24. The van der Waals surface area contributed by atoms with Crippen LogP contribution < -0.4 is 5.32 Å². The number of hydrogen-bond donors (Lipinski definition) is 2. The van der Waals surface area contributed by atoms with Crippen LogP contribution in [0.4, 0.5) is 0 Å². The molecule has 2 N–H and O–H groups in total. The highest BCUT2D eigenvalue weighted by Crippen LogP contribution is 2.45. The fourth-order valence-electron chi connectivity index (χ4n) is 2.85. The number of carboxylic acid groups (broad SMARTS) is 1. The SMILES string of the molecule is CC(C)C(C)NC(=O)C1CSCN1C(=O)CC1(C(=O)O)CCC1. The van der Waals surface area contributed by atoms with Gasteiger partial charge in [-0.15, -0.1) is 11.8 Å². The predicted octanol–water partition coefficient (Wildman–Crippen LogP) is 1.69. The summed E-state index contributed by atoms with van der Waals surface area (Å²) in [5.74, 6) is 0.114. The lowest BCUT2D eigenvalue weighted by Gasteiger charge is -2.38. The molecule has 0 aromatic rings. The third kappa shape index (κ3) is 3.82. The van der Waals surface area contributed by atoms with Crippen molar-refractivity contribution >= 4 is 29.5 Å². The quantitative estimate of drug-likeness (QED) is 0.767. The van der Waals surface area contributed by atoms with Crippen LogP contribution in [0.25, 0.3) is 0 Å². The molecule has 1 saturated heterocycles. The van der Waals surface area contributed by atoms with Crippen LogP contribution in [0.5, 0.6) is 0 Å². The van der Waals surface area contributed by atoms with Crippen molar-refractivity contribution in [1.29, 1.82) is 0 Å². The first-order chi connectivity index (χ1) is 10.8. The monoisotopic (exact) mass is 342 g/mol. The fraction of sp³-hybridized carbons (Fsp3) is 0.812. The fourth-order valence-corrected chi connectivity index (χ4v) is 4.03. The van der Waals surface area contributed by atoms with Crippen molar-refractivity contribution in [2.75, 3.05) is 11.6 Å². The van der Waals surface area contributed by atoms with Crippen molar-refractivity contribution in [3.63, 3.8) is 0 Å². The number of carbonyl (C=O) groups excluding carboxylic acids is 2. The number of nitrogens with one attached hydrogen (secondary N) is 1. The van der Waals surface area contributed by atoms with E-state index in [0.29, 0.717) is 30.4 Å². The number of nitrogens with zero attached hydrogens (tertiary/aromatic N) is 1. The van der Waals surface area contributed by atoms with E-state index in [1.165, 1.54) is 11.8 Å². The number of amides is 2. The van der Waals surface area contributed by atoms with Gasteiger partial charge in [0.05, 0.1) is 11.3 Å². The Morgan fingerprint density at radius 2 is 1.96 bits per heavy atom. The molecule has 2 rings (SSSR count). The van der Waals surface area contributed by atoms with Crippen LogP contribution in [-0.4, -0.2) is 51.5 Å². The highest BCUT2D eigenvalue weighted by molar-refractivity contribution is 7.99. The maximum absolute atomic E-state index is 12.6. The average Bonchev–Trinajstić information content (AvgIpc) is 2.91. The van der Waals surface area contributed by atoms with E-state index in [4.69, 9.17) is 0 Å². The minimum atomic E-state index is -0.906. The molecule has 23 heavy (non-hydrogen) atoms. The van der Waals surface area contributed by atoms with Gasteiger partial charge in [0.25, 0.3) is 0 Å². The number of carboxylic acids is 1. The molecule has 1 saturated carbocycles. The average molecular weight is 342 g/mol. The van der Waals surface area contributed by atoms with Gasteiger partial charge in [-0.1, -0.05) is 20.3 Å². The summed E-state index contributed by atoms with van der Waals surface area (Å²) in [5.41, 5.74) is -0.906. The molecule has 1 aliphatic carbocycles. The first-order valence-electron chi connectivity index (χ1n) is 8.18. The van der Waals surface area contributed by atoms with E-state index in [2.05, 4.69) is 5.32 Å². The summed E-state index contributed by atoms with van der Waals surface area (Å²) >= 11 is 1.54. The maximum atomic E-state index is 12.6. The lowest BCUT2D eigenvalue weighted by Crippen LogP contribution is -2.52. The summed E-state index contributed by atoms with van der Waals surface area (Å²) < 4.78 is 0. The molecule has 7 heteroatoms. The topological polar surface area (TPSA) is 86.7 Å². The van der Waals surface area contributed by atoms with Gasteiger partial charge in [0.15, 0.2) is 0 Å². The summed E-state index contributed by atoms with van der Waals surface area (Å²) in [5, 5.41) is 12.3. The zero-order chi connectivity index (χ0) is 17.2. The Labute approximate surface area is 141 Å². The Morgan fingerprint density at radius 1 is 1.30 bits per heavy atom. The zero-order valence-electron chi connectivity index (χ0n) is 14.0. The minimum Gasteiger partial charge on any atom is -0.481 e. The second-order valence-electron chi connectivity index (χ2n) is 7.04. The van der Waals surface area contributed by atoms with E-state index in [9.17, 15) is 19.5 Å². The van der Waals surface area contributed by atoms with Gasteiger partial charge < -0.3 is 15.3 Å². The summed E-state index contributed by atoms with van der Waals surface area (Å²) in [7, 11) is 0. The summed E-state index contributed by atoms with van der Waals surface area (Å²) in [6.45, 7) is 6.01. The molecule has 2 unspecified atom stereocenters. The third-order valence-electron chi connectivity index (χ3n) is 5.13.